The Hall–Kier alpha value is -2.34. The molecule has 2 rings (SSSR count). The van der Waals surface area contributed by atoms with Crippen molar-refractivity contribution in [2.75, 3.05) is 17.7 Å². The van der Waals surface area contributed by atoms with Crippen molar-refractivity contribution in [3.05, 3.63) is 52.5 Å². The second kappa shape index (κ2) is 7.78. The molecule has 2 aromatic rings. The molecular formula is C17H17BrN2O3. The number of hydrogen-bond acceptors (Lipinski definition) is 3. The normalized spacial score (nSPS) is 10.0. The van der Waals surface area contributed by atoms with Crippen molar-refractivity contribution >= 4 is 39.1 Å². The van der Waals surface area contributed by atoms with E-state index in [1.54, 1.807) is 37.4 Å². The molecule has 0 spiro atoms. The van der Waals surface area contributed by atoms with E-state index in [-0.39, 0.29) is 18.2 Å². The van der Waals surface area contributed by atoms with Crippen LogP contribution in [0.2, 0.25) is 0 Å². The number of anilines is 2. The molecule has 0 saturated carbocycles. The standard InChI is InChI=1S/C17H17BrN2O3/c1-11-8-12(18)6-7-15(11)20-17(22)10-16(21)19-13-4-3-5-14(9-13)23-2/h3-9H,10H2,1-2H3,(H,19,21)(H,20,22). The number of nitrogens with one attached hydrogen (secondary N) is 2. The third-order valence-corrected chi connectivity index (χ3v) is 3.63. The third-order valence-electron chi connectivity index (χ3n) is 3.14. The van der Waals surface area contributed by atoms with Crippen molar-refractivity contribution in [3.8, 4) is 5.75 Å². The molecule has 0 aliphatic carbocycles. The van der Waals surface area contributed by atoms with Gasteiger partial charge in [0.15, 0.2) is 0 Å². The van der Waals surface area contributed by atoms with E-state index in [1.165, 1.54) is 0 Å². The number of hydrogen-bond donors (Lipinski definition) is 2. The van der Waals surface area contributed by atoms with Gasteiger partial charge in [0.2, 0.25) is 11.8 Å². The highest BCUT2D eigenvalue weighted by Crippen LogP contribution is 2.20. The second-order valence-electron chi connectivity index (χ2n) is 4.96. The maximum absolute atomic E-state index is 12.0. The van der Waals surface area contributed by atoms with E-state index < -0.39 is 0 Å². The van der Waals surface area contributed by atoms with E-state index in [2.05, 4.69) is 26.6 Å². The average Bonchev–Trinajstić information content (AvgIpc) is 2.50. The fourth-order valence-corrected chi connectivity index (χ4v) is 2.49. The Balaban J connectivity index is 1.93. The largest absolute Gasteiger partial charge is 0.497 e. The highest BCUT2D eigenvalue weighted by molar-refractivity contribution is 9.10. The zero-order chi connectivity index (χ0) is 16.8. The number of carbonyl (C=O) groups excluding carboxylic acids is 2. The molecule has 0 aliphatic rings. The minimum atomic E-state index is -0.384. The van der Waals surface area contributed by atoms with E-state index in [4.69, 9.17) is 4.74 Å². The Labute approximate surface area is 143 Å². The summed E-state index contributed by atoms with van der Waals surface area (Å²) in [6.07, 6.45) is -0.257. The maximum atomic E-state index is 12.0. The van der Waals surface area contributed by atoms with Crippen LogP contribution >= 0.6 is 15.9 Å². The number of ether oxygens (including phenoxy) is 1. The van der Waals surface area contributed by atoms with Crippen LogP contribution in [0, 0.1) is 6.92 Å². The molecule has 6 heteroatoms. The van der Waals surface area contributed by atoms with E-state index in [0.29, 0.717) is 17.1 Å². The van der Waals surface area contributed by atoms with Gasteiger partial charge in [0.1, 0.15) is 12.2 Å². The molecule has 0 unspecified atom stereocenters. The number of rotatable bonds is 5. The predicted octanol–water partition coefficient (Wildman–Crippen LogP) is 3.73. The fourth-order valence-electron chi connectivity index (χ4n) is 2.01. The van der Waals surface area contributed by atoms with Gasteiger partial charge in [0.05, 0.1) is 7.11 Å². The van der Waals surface area contributed by atoms with E-state index in [1.807, 2.05) is 19.1 Å². The molecule has 2 aromatic carbocycles. The van der Waals surface area contributed by atoms with Gasteiger partial charge in [-0.2, -0.15) is 0 Å². The van der Waals surface area contributed by atoms with Gasteiger partial charge in [0.25, 0.3) is 0 Å². The van der Waals surface area contributed by atoms with Crippen molar-refractivity contribution in [3.63, 3.8) is 0 Å². The number of amides is 2. The van der Waals surface area contributed by atoms with Gasteiger partial charge < -0.3 is 15.4 Å². The summed E-state index contributed by atoms with van der Waals surface area (Å²) in [6.45, 7) is 1.89. The predicted molar refractivity (Wildman–Crippen MR) is 93.7 cm³/mol. The average molecular weight is 377 g/mol. The molecule has 120 valence electrons. The first-order valence-corrected chi connectivity index (χ1v) is 7.77. The monoisotopic (exact) mass is 376 g/mol. The summed E-state index contributed by atoms with van der Waals surface area (Å²) < 4.78 is 6.02. The Morgan fingerprint density at radius 3 is 2.52 bits per heavy atom. The third kappa shape index (κ3) is 5.10. The second-order valence-corrected chi connectivity index (χ2v) is 5.88. The minimum Gasteiger partial charge on any atom is -0.497 e. The fraction of sp³-hybridized carbons (Fsp3) is 0.176. The van der Waals surface area contributed by atoms with Crippen molar-refractivity contribution in [2.24, 2.45) is 0 Å². The van der Waals surface area contributed by atoms with Gasteiger partial charge in [-0.3, -0.25) is 9.59 Å². The number of carbonyl (C=O) groups is 2. The van der Waals surface area contributed by atoms with Crippen molar-refractivity contribution in [1.82, 2.24) is 0 Å². The topological polar surface area (TPSA) is 67.4 Å². The van der Waals surface area contributed by atoms with Crippen LogP contribution in [-0.2, 0) is 9.59 Å². The van der Waals surface area contributed by atoms with E-state index in [9.17, 15) is 9.59 Å². The van der Waals surface area contributed by atoms with Crippen molar-refractivity contribution in [2.45, 2.75) is 13.3 Å². The first-order valence-electron chi connectivity index (χ1n) is 6.98. The summed E-state index contributed by atoms with van der Waals surface area (Å²) in [5.74, 6) is -0.112. The summed E-state index contributed by atoms with van der Waals surface area (Å²) in [7, 11) is 1.55. The summed E-state index contributed by atoms with van der Waals surface area (Å²) in [5, 5.41) is 5.40. The van der Waals surface area contributed by atoms with E-state index >= 15 is 0 Å². The number of aryl methyl sites for hydroxylation is 1. The van der Waals surface area contributed by atoms with Crippen LogP contribution in [-0.4, -0.2) is 18.9 Å². The lowest BCUT2D eigenvalue weighted by Gasteiger charge is -2.09. The minimum absolute atomic E-state index is 0.257. The van der Waals surface area contributed by atoms with Crippen LogP contribution in [0.5, 0.6) is 5.75 Å². The molecule has 0 bridgehead atoms. The molecule has 23 heavy (non-hydrogen) atoms. The lowest BCUT2D eigenvalue weighted by Crippen LogP contribution is -2.21. The first-order chi connectivity index (χ1) is 11.0. The summed E-state index contributed by atoms with van der Waals surface area (Å²) >= 11 is 3.36. The maximum Gasteiger partial charge on any atom is 0.233 e. The van der Waals surface area contributed by atoms with Crippen molar-refractivity contribution in [1.29, 1.82) is 0 Å². The van der Waals surface area contributed by atoms with E-state index in [0.717, 1.165) is 10.0 Å². The molecule has 2 N–H and O–H groups in total. The highest BCUT2D eigenvalue weighted by atomic mass is 79.9. The van der Waals surface area contributed by atoms with Gasteiger partial charge in [-0.05, 0) is 42.8 Å². The highest BCUT2D eigenvalue weighted by Gasteiger charge is 2.11. The number of benzene rings is 2. The first kappa shape index (κ1) is 17.0. The van der Waals surface area contributed by atoms with Crippen LogP contribution in [0.3, 0.4) is 0 Å². The van der Waals surface area contributed by atoms with Gasteiger partial charge in [0, 0.05) is 21.9 Å². The van der Waals surface area contributed by atoms with Crippen LogP contribution in [0.15, 0.2) is 46.9 Å². The summed E-state index contributed by atoms with van der Waals surface area (Å²) in [5.41, 5.74) is 2.19. The molecule has 5 nitrogen and oxygen atoms in total. The molecule has 0 aromatic heterocycles. The zero-order valence-corrected chi connectivity index (χ0v) is 14.4. The lowest BCUT2D eigenvalue weighted by atomic mass is 10.2. The van der Waals surface area contributed by atoms with Crippen LogP contribution < -0.4 is 15.4 Å². The van der Waals surface area contributed by atoms with Crippen LogP contribution in [0.1, 0.15) is 12.0 Å². The van der Waals surface area contributed by atoms with Gasteiger partial charge in [-0.15, -0.1) is 0 Å². The molecule has 0 heterocycles. The molecule has 0 radical (unpaired) electrons. The van der Waals surface area contributed by atoms with Crippen LogP contribution in [0.4, 0.5) is 11.4 Å². The van der Waals surface area contributed by atoms with Gasteiger partial charge >= 0.3 is 0 Å². The quantitative estimate of drug-likeness (QED) is 0.781. The smallest absolute Gasteiger partial charge is 0.233 e. The SMILES string of the molecule is COc1cccc(NC(=O)CC(=O)Nc2ccc(Br)cc2C)c1. The Bertz CT molecular complexity index is 732. The molecule has 0 fully saturated rings. The number of halogens is 1. The molecule has 0 atom stereocenters. The van der Waals surface area contributed by atoms with Gasteiger partial charge in [-0.25, -0.2) is 0 Å². The molecule has 2 amide bonds. The summed E-state index contributed by atoms with van der Waals surface area (Å²) in [6, 6.07) is 12.5. The molecular weight excluding hydrogens is 360 g/mol. The number of methoxy groups -OCH3 is 1. The summed E-state index contributed by atoms with van der Waals surface area (Å²) in [4.78, 5) is 23.9. The Morgan fingerprint density at radius 2 is 1.83 bits per heavy atom. The zero-order valence-electron chi connectivity index (χ0n) is 12.9. The van der Waals surface area contributed by atoms with Gasteiger partial charge in [-0.1, -0.05) is 22.0 Å². The Kier molecular flexibility index (Phi) is 5.76. The molecule has 0 aliphatic heterocycles. The van der Waals surface area contributed by atoms with Crippen LogP contribution in [0.25, 0.3) is 0 Å². The Morgan fingerprint density at radius 1 is 1.09 bits per heavy atom. The lowest BCUT2D eigenvalue weighted by molar-refractivity contribution is -0.123. The van der Waals surface area contributed by atoms with Crippen molar-refractivity contribution < 1.29 is 14.3 Å². The molecule has 0 saturated heterocycles.